The number of piperazine rings is 1. The standard InChI is InChI=1S/C19H24ClN3O3/c1-2-21-10-11-23(19(26)18(21)25)13-17(24)22-9-3-4-15(12-22)14-5-7-16(20)8-6-14/h5-8,15H,2-4,9-13H2,1H3. The smallest absolute Gasteiger partial charge is 0.312 e. The summed E-state index contributed by atoms with van der Waals surface area (Å²) in [4.78, 5) is 41.6. The Kier molecular flexibility index (Phi) is 5.81. The molecule has 1 aromatic carbocycles. The Morgan fingerprint density at radius 1 is 1.08 bits per heavy atom. The highest BCUT2D eigenvalue weighted by atomic mass is 35.5. The lowest BCUT2D eigenvalue weighted by Gasteiger charge is -2.36. The number of likely N-dealkylation sites (N-methyl/N-ethyl adjacent to an activating group) is 1. The van der Waals surface area contributed by atoms with Gasteiger partial charge >= 0.3 is 11.8 Å². The van der Waals surface area contributed by atoms with E-state index in [4.69, 9.17) is 11.6 Å². The number of carbonyl (C=O) groups is 3. The van der Waals surface area contributed by atoms with Crippen molar-refractivity contribution in [3.05, 3.63) is 34.9 Å². The lowest BCUT2D eigenvalue weighted by Crippen LogP contribution is -2.56. The van der Waals surface area contributed by atoms with Gasteiger partial charge in [-0.15, -0.1) is 0 Å². The number of piperidine rings is 1. The number of rotatable bonds is 4. The molecule has 3 rings (SSSR count). The number of halogens is 1. The van der Waals surface area contributed by atoms with Crippen molar-refractivity contribution < 1.29 is 14.4 Å². The largest absolute Gasteiger partial charge is 0.341 e. The number of hydrogen-bond donors (Lipinski definition) is 0. The van der Waals surface area contributed by atoms with E-state index < -0.39 is 11.8 Å². The molecule has 1 aromatic rings. The highest BCUT2D eigenvalue weighted by molar-refractivity contribution is 6.35. The molecule has 0 aliphatic carbocycles. The summed E-state index contributed by atoms with van der Waals surface area (Å²) in [5, 5.41) is 0.701. The van der Waals surface area contributed by atoms with Gasteiger partial charge in [-0.25, -0.2) is 0 Å². The van der Waals surface area contributed by atoms with Gasteiger partial charge in [0.05, 0.1) is 0 Å². The molecule has 140 valence electrons. The van der Waals surface area contributed by atoms with Gasteiger partial charge in [-0.05, 0) is 37.5 Å². The second-order valence-corrected chi connectivity index (χ2v) is 7.28. The topological polar surface area (TPSA) is 60.9 Å². The first kappa shape index (κ1) is 18.7. The molecule has 2 fully saturated rings. The Hall–Kier alpha value is -2.08. The first-order valence-corrected chi connectivity index (χ1v) is 9.48. The number of likely N-dealkylation sites (tertiary alicyclic amines) is 1. The highest BCUT2D eigenvalue weighted by Crippen LogP contribution is 2.28. The summed E-state index contributed by atoms with van der Waals surface area (Å²) in [5.74, 6) is -0.893. The van der Waals surface area contributed by atoms with Crippen molar-refractivity contribution >= 4 is 29.3 Å². The van der Waals surface area contributed by atoms with Crippen molar-refractivity contribution in [1.82, 2.24) is 14.7 Å². The van der Waals surface area contributed by atoms with Crippen LogP contribution >= 0.6 is 11.6 Å². The fourth-order valence-corrected chi connectivity index (χ4v) is 3.77. The molecule has 0 N–H and O–H groups in total. The number of nitrogens with zero attached hydrogens (tertiary/aromatic N) is 3. The zero-order valence-corrected chi connectivity index (χ0v) is 15.7. The quantitative estimate of drug-likeness (QED) is 0.751. The van der Waals surface area contributed by atoms with E-state index in [9.17, 15) is 14.4 Å². The molecule has 2 aliphatic rings. The molecule has 2 heterocycles. The van der Waals surface area contributed by atoms with Crippen LogP contribution in [0.25, 0.3) is 0 Å². The van der Waals surface area contributed by atoms with Crippen LogP contribution in [0.1, 0.15) is 31.2 Å². The summed E-state index contributed by atoms with van der Waals surface area (Å²) in [7, 11) is 0. The molecule has 3 amide bonds. The van der Waals surface area contributed by atoms with E-state index in [-0.39, 0.29) is 18.4 Å². The predicted octanol–water partition coefficient (Wildman–Crippen LogP) is 1.74. The summed E-state index contributed by atoms with van der Waals surface area (Å²) in [6, 6.07) is 7.75. The molecule has 2 aliphatic heterocycles. The van der Waals surface area contributed by atoms with Crippen molar-refractivity contribution in [2.75, 3.05) is 39.3 Å². The van der Waals surface area contributed by atoms with Crippen LogP contribution in [0.3, 0.4) is 0 Å². The van der Waals surface area contributed by atoms with Crippen LogP contribution in [-0.4, -0.2) is 71.7 Å². The summed E-state index contributed by atoms with van der Waals surface area (Å²) < 4.78 is 0. The van der Waals surface area contributed by atoms with Gasteiger partial charge in [-0.3, -0.25) is 14.4 Å². The van der Waals surface area contributed by atoms with Crippen LogP contribution in [-0.2, 0) is 14.4 Å². The van der Waals surface area contributed by atoms with Gasteiger partial charge in [-0.2, -0.15) is 0 Å². The first-order chi connectivity index (χ1) is 12.5. The van der Waals surface area contributed by atoms with Crippen LogP contribution in [0.5, 0.6) is 0 Å². The monoisotopic (exact) mass is 377 g/mol. The minimum Gasteiger partial charge on any atom is -0.341 e. The molecule has 0 radical (unpaired) electrons. The van der Waals surface area contributed by atoms with Crippen LogP contribution < -0.4 is 0 Å². The van der Waals surface area contributed by atoms with Crippen LogP contribution in [0.4, 0.5) is 0 Å². The van der Waals surface area contributed by atoms with Gasteiger partial charge in [0.25, 0.3) is 0 Å². The SMILES string of the molecule is CCN1CCN(CC(=O)N2CCCC(c3ccc(Cl)cc3)C2)C(=O)C1=O. The summed E-state index contributed by atoms with van der Waals surface area (Å²) in [6.45, 7) is 4.57. The van der Waals surface area contributed by atoms with Gasteiger partial charge in [0.1, 0.15) is 6.54 Å². The van der Waals surface area contributed by atoms with Gasteiger partial charge in [0.15, 0.2) is 0 Å². The normalized spacial score (nSPS) is 21.3. The Morgan fingerprint density at radius 3 is 2.42 bits per heavy atom. The predicted molar refractivity (Wildman–Crippen MR) is 98.8 cm³/mol. The van der Waals surface area contributed by atoms with Crippen molar-refractivity contribution in [3.63, 3.8) is 0 Å². The van der Waals surface area contributed by atoms with Gasteiger partial charge in [0.2, 0.25) is 5.91 Å². The second-order valence-electron chi connectivity index (χ2n) is 6.84. The third kappa shape index (κ3) is 4.01. The molecular formula is C19H24ClN3O3. The number of amides is 3. The average Bonchev–Trinajstić information content (AvgIpc) is 2.66. The van der Waals surface area contributed by atoms with E-state index in [1.165, 1.54) is 15.4 Å². The zero-order chi connectivity index (χ0) is 18.7. The molecule has 0 bridgehead atoms. The number of hydrogen-bond acceptors (Lipinski definition) is 3. The molecule has 26 heavy (non-hydrogen) atoms. The highest BCUT2D eigenvalue weighted by Gasteiger charge is 2.34. The molecule has 6 nitrogen and oxygen atoms in total. The molecule has 2 saturated heterocycles. The van der Waals surface area contributed by atoms with E-state index in [0.29, 0.717) is 37.7 Å². The lowest BCUT2D eigenvalue weighted by molar-refractivity contribution is -0.157. The zero-order valence-electron chi connectivity index (χ0n) is 15.0. The minimum atomic E-state index is -0.572. The maximum atomic E-state index is 12.7. The van der Waals surface area contributed by atoms with Crippen LogP contribution in [0.15, 0.2) is 24.3 Å². The molecular weight excluding hydrogens is 354 g/mol. The van der Waals surface area contributed by atoms with E-state index >= 15 is 0 Å². The number of benzene rings is 1. The molecule has 7 heteroatoms. The van der Waals surface area contributed by atoms with Crippen LogP contribution in [0.2, 0.25) is 5.02 Å². The van der Waals surface area contributed by atoms with Gasteiger partial charge in [0, 0.05) is 43.7 Å². The van der Waals surface area contributed by atoms with E-state index in [1.807, 2.05) is 36.1 Å². The van der Waals surface area contributed by atoms with Crippen molar-refractivity contribution in [1.29, 1.82) is 0 Å². The summed E-state index contributed by atoms with van der Waals surface area (Å²) in [5.41, 5.74) is 1.18. The maximum absolute atomic E-state index is 12.7. The van der Waals surface area contributed by atoms with E-state index in [0.717, 1.165) is 12.8 Å². The molecule has 0 saturated carbocycles. The Balaban J connectivity index is 1.60. The molecule has 1 unspecified atom stereocenters. The van der Waals surface area contributed by atoms with Crippen molar-refractivity contribution in [2.24, 2.45) is 0 Å². The fourth-order valence-electron chi connectivity index (χ4n) is 3.64. The Bertz CT molecular complexity index is 692. The maximum Gasteiger partial charge on any atom is 0.312 e. The molecule has 1 atom stereocenters. The third-order valence-electron chi connectivity index (χ3n) is 5.22. The first-order valence-electron chi connectivity index (χ1n) is 9.11. The third-order valence-corrected chi connectivity index (χ3v) is 5.47. The van der Waals surface area contributed by atoms with Crippen molar-refractivity contribution in [3.8, 4) is 0 Å². The minimum absolute atomic E-state index is 0.0184. The average molecular weight is 378 g/mol. The van der Waals surface area contributed by atoms with Crippen molar-refractivity contribution in [2.45, 2.75) is 25.7 Å². The van der Waals surface area contributed by atoms with Gasteiger partial charge < -0.3 is 14.7 Å². The van der Waals surface area contributed by atoms with Gasteiger partial charge in [-0.1, -0.05) is 23.7 Å². The Morgan fingerprint density at radius 2 is 1.73 bits per heavy atom. The molecule has 0 spiro atoms. The van der Waals surface area contributed by atoms with E-state index in [2.05, 4.69) is 0 Å². The van der Waals surface area contributed by atoms with E-state index in [1.54, 1.807) is 0 Å². The second kappa shape index (κ2) is 8.08. The number of carbonyl (C=O) groups excluding carboxylic acids is 3. The molecule has 0 aromatic heterocycles. The Labute approximate surface area is 158 Å². The lowest BCUT2D eigenvalue weighted by atomic mass is 9.90. The van der Waals surface area contributed by atoms with Crippen LogP contribution in [0, 0.1) is 0 Å². The summed E-state index contributed by atoms with van der Waals surface area (Å²) in [6.07, 6.45) is 1.95. The summed E-state index contributed by atoms with van der Waals surface area (Å²) >= 11 is 5.95. The fraction of sp³-hybridized carbons (Fsp3) is 0.526.